The summed E-state index contributed by atoms with van der Waals surface area (Å²) in [5, 5.41) is 25.0. The van der Waals surface area contributed by atoms with Crippen molar-refractivity contribution in [2.24, 2.45) is 0 Å². The zero-order valence-electron chi connectivity index (χ0n) is 23.0. The lowest BCUT2D eigenvalue weighted by molar-refractivity contribution is 0.676. The Labute approximate surface area is 246 Å². The van der Waals surface area contributed by atoms with Gasteiger partial charge in [0.1, 0.15) is 17.2 Å². The lowest BCUT2D eigenvalue weighted by Crippen LogP contribution is -1.99. The molecule has 3 aromatic heterocycles. The van der Waals surface area contributed by atoms with E-state index in [1.165, 1.54) is 16.6 Å². The van der Waals surface area contributed by atoms with Gasteiger partial charge in [-0.15, -0.1) is 0 Å². The third kappa shape index (κ3) is 3.14. The lowest BCUT2D eigenvalue weighted by atomic mass is 9.99. The topological polar surface area (TPSA) is 70.6 Å². The first kappa shape index (κ1) is 23.6. The molecule has 0 saturated heterocycles. The summed E-state index contributed by atoms with van der Waals surface area (Å²) in [5.41, 5.74) is 10.1. The third-order valence-corrected chi connectivity index (χ3v) is 8.85. The van der Waals surface area contributed by atoms with E-state index in [1.54, 1.807) is 18.2 Å². The molecule has 0 atom stereocenters. The van der Waals surface area contributed by atoms with E-state index in [0.717, 1.165) is 67.8 Å². The number of aromatic nitrogens is 2. The molecule has 0 saturated carbocycles. The molecule has 0 N–H and O–H groups in total. The van der Waals surface area contributed by atoms with Gasteiger partial charge in [-0.25, -0.2) is 0 Å². The predicted octanol–water partition coefficient (Wildman–Crippen LogP) is 9.33. The van der Waals surface area contributed by atoms with Crippen LogP contribution in [-0.2, 0) is 6.42 Å². The highest BCUT2D eigenvalue weighted by molar-refractivity contribution is 6.26. The first-order valence-electron chi connectivity index (χ1n) is 14.4. The molecule has 5 heteroatoms. The van der Waals surface area contributed by atoms with Crippen molar-refractivity contribution >= 4 is 60.7 Å². The number of hydrogen-bond donors (Lipinski definition) is 0. The van der Waals surface area contributed by atoms with Crippen molar-refractivity contribution in [2.75, 3.05) is 0 Å². The molecular formula is C38H22N4O. The van der Waals surface area contributed by atoms with Crippen LogP contribution in [0.4, 0.5) is 0 Å². The van der Waals surface area contributed by atoms with Crippen LogP contribution in [0.25, 0.3) is 72.1 Å². The summed E-state index contributed by atoms with van der Waals surface area (Å²) in [6.45, 7) is 0. The van der Waals surface area contributed by atoms with Crippen LogP contribution in [0.5, 0.6) is 0 Å². The van der Waals surface area contributed by atoms with E-state index in [0.29, 0.717) is 16.8 Å². The van der Waals surface area contributed by atoms with Crippen molar-refractivity contribution in [3.63, 3.8) is 0 Å². The number of fused-ring (bicyclic) bond motifs is 11. The van der Waals surface area contributed by atoms with E-state index in [9.17, 15) is 10.5 Å². The minimum absolute atomic E-state index is 0.508. The van der Waals surface area contributed by atoms with Gasteiger partial charge >= 0.3 is 0 Å². The van der Waals surface area contributed by atoms with Crippen LogP contribution in [0.2, 0.25) is 0 Å². The molecule has 9 rings (SSSR count). The highest BCUT2D eigenvalue weighted by atomic mass is 16.3. The number of furan rings is 1. The molecule has 1 aliphatic rings. The van der Waals surface area contributed by atoms with Crippen LogP contribution in [0.3, 0.4) is 0 Å². The highest BCUT2D eigenvalue weighted by Crippen LogP contribution is 2.45. The Bertz CT molecular complexity index is 2580. The second kappa shape index (κ2) is 8.73. The van der Waals surface area contributed by atoms with Gasteiger partial charge in [0.2, 0.25) is 0 Å². The molecule has 1 aliphatic carbocycles. The molecule has 8 aromatic rings. The van der Waals surface area contributed by atoms with Crippen molar-refractivity contribution < 1.29 is 4.42 Å². The molecule has 0 bridgehead atoms. The monoisotopic (exact) mass is 550 g/mol. The van der Waals surface area contributed by atoms with E-state index < -0.39 is 0 Å². The van der Waals surface area contributed by atoms with Crippen LogP contribution < -0.4 is 0 Å². The number of aryl methyl sites for hydroxylation is 1. The van der Waals surface area contributed by atoms with Crippen molar-refractivity contribution in [3.05, 3.63) is 126 Å². The average molecular weight is 551 g/mol. The Hall–Kier alpha value is -6.04. The number of hydrogen-bond acceptors (Lipinski definition) is 3. The van der Waals surface area contributed by atoms with E-state index in [4.69, 9.17) is 4.42 Å². The molecule has 0 spiro atoms. The van der Waals surface area contributed by atoms with Crippen molar-refractivity contribution in [2.45, 2.75) is 12.8 Å². The van der Waals surface area contributed by atoms with Gasteiger partial charge in [0, 0.05) is 32.9 Å². The second-order valence-electron chi connectivity index (χ2n) is 11.1. The number of allylic oxidation sites excluding steroid dienone is 1. The molecule has 3 heterocycles. The average Bonchev–Trinajstić information content (AvgIpc) is 3.72. The number of rotatable bonds is 2. The van der Waals surface area contributed by atoms with Gasteiger partial charge in [0.25, 0.3) is 0 Å². The fraction of sp³-hybridized carbons (Fsp3) is 0.0526. The van der Waals surface area contributed by atoms with Crippen LogP contribution in [0.1, 0.15) is 28.8 Å². The van der Waals surface area contributed by atoms with Gasteiger partial charge in [-0.2, -0.15) is 10.5 Å². The molecule has 0 fully saturated rings. The molecule has 5 nitrogen and oxygen atoms in total. The molecule has 200 valence electrons. The minimum atomic E-state index is 0.508. The van der Waals surface area contributed by atoms with Gasteiger partial charge in [0.05, 0.1) is 44.8 Å². The van der Waals surface area contributed by atoms with Crippen LogP contribution in [0.15, 0.2) is 108 Å². The fourth-order valence-electron chi connectivity index (χ4n) is 7.06. The maximum Gasteiger partial charge on any atom is 0.145 e. The largest absolute Gasteiger partial charge is 0.455 e. The van der Waals surface area contributed by atoms with Crippen LogP contribution in [-0.4, -0.2) is 9.13 Å². The summed E-state index contributed by atoms with van der Waals surface area (Å²) in [7, 11) is 0. The van der Waals surface area contributed by atoms with Gasteiger partial charge in [0.15, 0.2) is 0 Å². The third-order valence-electron chi connectivity index (χ3n) is 8.85. The molecular weight excluding hydrogens is 528 g/mol. The molecule has 0 aliphatic heterocycles. The van der Waals surface area contributed by atoms with Gasteiger partial charge in [-0.1, -0.05) is 42.5 Å². The lowest BCUT2D eigenvalue weighted by Gasteiger charge is -2.11. The summed E-state index contributed by atoms with van der Waals surface area (Å²) < 4.78 is 11.4. The van der Waals surface area contributed by atoms with Crippen molar-refractivity contribution in [3.8, 4) is 23.5 Å². The van der Waals surface area contributed by atoms with Gasteiger partial charge in [-0.05, 0) is 85.1 Å². The van der Waals surface area contributed by atoms with E-state index in [-0.39, 0.29) is 0 Å². The molecule has 0 radical (unpaired) electrons. The Morgan fingerprint density at radius 2 is 1.40 bits per heavy atom. The fourth-order valence-corrected chi connectivity index (χ4v) is 7.06. The van der Waals surface area contributed by atoms with Crippen molar-refractivity contribution in [1.29, 1.82) is 10.5 Å². The standard InChI is InChI=1S/C38H22N4O/c39-21-23-14-15-24(22-40)34(20-23)42-31-13-7-5-11-29(31)36-33(42)19-17-27-26-16-18-32-35(37(26)43-38(27)36)28-10-4-6-12-30(28)41(32)25-8-2-1-3-9-25/h1-3,5-9,11-20H,4,10H2. The Balaban J connectivity index is 1.43. The summed E-state index contributed by atoms with van der Waals surface area (Å²) in [6, 6.07) is 37.1. The summed E-state index contributed by atoms with van der Waals surface area (Å²) in [5.74, 6) is 0. The highest BCUT2D eigenvalue weighted by Gasteiger charge is 2.25. The zero-order chi connectivity index (χ0) is 28.7. The number of benzene rings is 5. The summed E-state index contributed by atoms with van der Waals surface area (Å²) in [6.07, 6.45) is 6.46. The normalized spacial score (nSPS) is 12.8. The molecule has 43 heavy (non-hydrogen) atoms. The minimum Gasteiger partial charge on any atom is -0.455 e. The maximum atomic E-state index is 10.0. The first-order valence-corrected chi connectivity index (χ1v) is 14.4. The Kier molecular flexibility index (Phi) is 4.80. The number of nitrogens with zero attached hydrogens (tertiary/aromatic N) is 4. The van der Waals surface area contributed by atoms with E-state index in [1.807, 2.05) is 18.2 Å². The van der Waals surface area contributed by atoms with Crippen LogP contribution in [0, 0.1) is 22.7 Å². The summed E-state index contributed by atoms with van der Waals surface area (Å²) in [4.78, 5) is 0. The number of nitriles is 2. The predicted molar refractivity (Wildman–Crippen MR) is 172 cm³/mol. The Morgan fingerprint density at radius 3 is 2.19 bits per heavy atom. The SMILES string of the molecule is N#Cc1ccc(C#N)c(-n2c3ccccc3c3c4oc5c(ccc6c5c5c(n6-c6ccccc6)C=CCC5)c4ccc32)c1. The van der Waals surface area contributed by atoms with Crippen LogP contribution >= 0.6 is 0 Å². The van der Waals surface area contributed by atoms with Gasteiger partial charge in [-0.3, -0.25) is 0 Å². The second-order valence-corrected chi connectivity index (χ2v) is 11.1. The van der Waals surface area contributed by atoms with E-state index >= 15 is 0 Å². The maximum absolute atomic E-state index is 10.0. The molecule has 0 unspecified atom stereocenters. The molecule has 0 amide bonds. The van der Waals surface area contributed by atoms with Gasteiger partial charge < -0.3 is 13.6 Å². The smallest absolute Gasteiger partial charge is 0.145 e. The Morgan fingerprint density at radius 1 is 0.651 bits per heavy atom. The quantitative estimate of drug-likeness (QED) is 0.215. The molecule has 5 aromatic carbocycles. The van der Waals surface area contributed by atoms with Crippen molar-refractivity contribution in [1.82, 2.24) is 9.13 Å². The first-order chi connectivity index (χ1) is 21.3. The van der Waals surface area contributed by atoms with E-state index in [2.05, 4.69) is 94.1 Å². The summed E-state index contributed by atoms with van der Waals surface area (Å²) >= 11 is 0. The zero-order valence-corrected chi connectivity index (χ0v) is 23.0. The number of para-hydroxylation sites is 2.